The molecule has 0 aromatic carbocycles. The monoisotopic (exact) mass is 292 g/mol. The van der Waals surface area contributed by atoms with Gasteiger partial charge in [0.15, 0.2) is 5.41 Å². The van der Waals surface area contributed by atoms with Crippen LogP contribution in [0.3, 0.4) is 0 Å². The van der Waals surface area contributed by atoms with Gasteiger partial charge in [-0.2, -0.15) is 0 Å². The Balaban J connectivity index is 2.74. The minimum atomic E-state index is -1.31. The van der Waals surface area contributed by atoms with E-state index < -0.39 is 23.0 Å². The van der Waals surface area contributed by atoms with Gasteiger partial charge in [-0.25, -0.2) is 0 Å². The number of hydrogen-bond acceptors (Lipinski definition) is 3. The molecule has 1 fully saturated rings. The quantitative estimate of drug-likeness (QED) is 0.492. The summed E-state index contributed by atoms with van der Waals surface area (Å²) in [6.45, 7) is 5.21. The first-order valence-corrected chi connectivity index (χ1v) is 6.36. The summed E-state index contributed by atoms with van der Waals surface area (Å²) in [6.07, 6.45) is 0.727. The van der Waals surface area contributed by atoms with Crippen LogP contribution in [-0.4, -0.2) is 28.0 Å². The molecular weight excluding hydrogens is 276 g/mol. The predicted molar refractivity (Wildman–Crippen MR) is 62.4 cm³/mol. The van der Waals surface area contributed by atoms with Crippen molar-refractivity contribution in [2.75, 3.05) is 5.33 Å². The molecule has 1 N–H and O–H groups in total. The van der Waals surface area contributed by atoms with Crippen LogP contribution in [0.4, 0.5) is 0 Å². The molecule has 0 radical (unpaired) electrons. The number of halogens is 1. The van der Waals surface area contributed by atoms with Gasteiger partial charge in [0.05, 0.1) is 0 Å². The summed E-state index contributed by atoms with van der Waals surface area (Å²) in [6, 6.07) is 0. The molecule has 5 heteroatoms. The van der Waals surface area contributed by atoms with E-state index in [0.717, 1.165) is 5.33 Å². The molecule has 16 heavy (non-hydrogen) atoms. The van der Waals surface area contributed by atoms with E-state index in [-0.39, 0.29) is 5.92 Å². The highest BCUT2D eigenvalue weighted by atomic mass is 79.9. The van der Waals surface area contributed by atoms with Crippen molar-refractivity contribution < 1.29 is 19.4 Å². The van der Waals surface area contributed by atoms with Crippen molar-refractivity contribution in [1.29, 1.82) is 0 Å². The number of hydrogen-bond donors (Lipinski definition) is 1. The molecule has 0 atom stereocenters. The zero-order valence-electron chi connectivity index (χ0n) is 9.75. The molecule has 0 heterocycles. The van der Waals surface area contributed by atoms with Crippen molar-refractivity contribution in [3.63, 3.8) is 0 Å². The number of carboxylic acids is 1. The average Bonchev–Trinajstić information content (AvgIpc) is 1.98. The van der Waals surface area contributed by atoms with Crippen molar-refractivity contribution in [3.05, 3.63) is 0 Å². The van der Waals surface area contributed by atoms with Crippen LogP contribution in [-0.2, 0) is 14.3 Å². The Morgan fingerprint density at radius 2 is 1.94 bits per heavy atom. The van der Waals surface area contributed by atoms with Crippen molar-refractivity contribution in [2.24, 2.45) is 11.3 Å². The van der Waals surface area contributed by atoms with Crippen LogP contribution < -0.4 is 0 Å². The Kier molecular flexibility index (Phi) is 3.67. The average molecular weight is 293 g/mol. The Morgan fingerprint density at radius 3 is 2.25 bits per heavy atom. The van der Waals surface area contributed by atoms with Crippen LogP contribution in [0.1, 0.15) is 33.6 Å². The molecule has 4 nitrogen and oxygen atoms in total. The topological polar surface area (TPSA) is 63.6 Å². The molecule has 0 saturated heterocycles. The summed E-state index contributed by atoms with van der Waals surface area (Å²) in [5, 5.41) is 9.88. The van der Waals surface area contributed by atoms with Crippen molar-refractivity contribution in [2.45, 2.75) is 39.2 Å². The Labute approximate surface area is 103 Å². The van der Waals surface area contributed by atoms with Crippen molar-refractivity contribution in [3.8, 4) is 0 Å². The molecule has 92 valence electrons. The molecule has 1 aliphatic rings. The smallest absolute Gasteiger partial charge is 0.324 e. The maximum absolute atomic E-state index is 11.8. The predicted octanol–water partition coefficient (Wildman–Crippen LogP) is 2.20. The van der Waals surface area contributed by atoms with Crippen LogP contribution in [0, 0.1) is 11.3 Å². The molecule has 1 saturated carbocycles. The van der Waals surface area contributed by atoms with Gasteiger partial charge in [0.25, 0.3) is 0 Å². The van der Waals surface area contributed by atoms with Gasteiger partial charge in [0.1, 0.15) is 5.60 Å². The summed E-state index contributed by atoms with van der Waals surface area (Å²) in [5.74, 6) is -1.42. The fourth-order valence-electron chi connectivity index (χ4n) is 1.84. The van der Waals surface area contributed by atoms with Gasteiger partial charge in [-0.1, -0.05) is 15.9 Å². The standard InChI is InChI=1S/C11H17BrO4/c1-10(2,3)16-9(15)11(8(13)14)4-7(5-11)6-12/h7H,4-6H2,1-3H3,(H,13,14). The lowest BCUT2D eigenvalue weighted by Crippen LogP contribution is -2.52. The summed E-state index contributed by atoms with van der Waals surface area (Å²) in [5.41, 5.74) is -1.95. The summed E-state index contributed by atoms with van der Waals surface area (Å²) >= 11 is 3.29. The molecule has 0 aromatic rings. The van der Waals surface area contributed by atoms with E-state index in [4.69, 9.17) is 9.84 Å². The normalized spacial score (nSPS) is 29.4. The first kappa shape index (κ1) is 13.5. The Hall–Kier alpha value is -0.580. The second kappa shape index (κ2) is 4.35. The number of esters is 1. The van der Waals surface area contributed by atoms with Crippen LogP contribution in [0.2, 0.25) is 0 Å². The largest absolute Gasteiger partial charge is 0.480 e. The second-order valence-corrected chi connectivity index (χ2v) is 5.97. The van der Waals surface area contributed by atoms with E-state index in [1.807, 2.05) is 0 Å². The molecule has 1 rings (SSSR count). The first-order valence-electron chi connectivity index (χ1n) is 5.24. The first-order chi connectivity index (χ1) is 7.21. The van der Waals surface area contributed by atoms with Crippen LogP contribution in [0.25, 0.3) is 0 Å². The van der Waals surface area contributed by atoms with Gasteiger partial charge in [-0.05, 0) is 39.5 Å². The van der Waals surface area contributed by atoms with Crippen LogP contribution >= 0.6 is 15.9 Å². The fraction of sp³-hybridized carbons (Fsp3) is 0.818. The summed E-state index contributed by atoms with van der Waals surface area (Å²) in [7, 11) is 0. The van der Waals surface area contributed by atoms with Gasteiger partial charge < -0.3 is 9.84 Å². The van der Waals surface area contributed by atoms with E-state index >= 15 is 0 Å². The number of alkyl halides is 1. The van der Waals surface area contributed by atoms with Gasteiger partial charge in [0, 0.05) is 5.33 Å². The number of carbonyl (C=O) groups excluding carboxylic acids is 1. The number of ether oxygens (including phenoxy) is 1. The second-order valence-electron chi connectivity index (χ2n) is 5.32. The highest BCUT2D eigenvalue weighted by Gasteiger charge is 2.57. The Bertz CT molecular complexity index is 300. The molecule has 0 bridgehead atoms. The van der Waals surface area contributed by atoms with Gasteiger partial charge >= 0.3 is 11.9 Å². The molecule has 0 aromatic heterocycles. The van der Waals surface area contributed by atoms with E-state index in [9.17, 15) is 9.59 Å². The third-order valence-electron chi connectivity index (χ3n) is 2.69. The fourth-order valence-corrected chi connectivity index (χ4v) is 2.30. The van der Waals surface area contributed by atoms with Crippen molar-refractivity contribution >= 4 is 27.9 Å². The zero-order valence-corrected chi connectivity index (χ0v) is 11.3. The summed E-state index contributed by atoms with van der Waals surface area (Å²) < 4.78 is 5.16. The lowest BCUT2D eigenvalue weighted by atomic mass is 9.62. The number of rotatable bonds is 3. The van der Waals surface area contributed by atoms with Crippen molar-refractivity contribution in [1.82, 2.24) is 0 Å². The molecule has 0 unspecified atom stereocenters. The zero-order chi connectivity index (χ0) is 12.6. The SMILES string of the molecule is CC(C)(C)OC(=O)C1(C(=O)O)CC(CBr)C1. The lowest BCUT2D eigenvalue weighted by molar-refractivity contribution is -0.186. The number of carbonyl (C=O) groups is 2. The highest BCUT2D eigenvalue weighted by molar-refractivity contribution is 9.09. The van der Waals surface area contributed by atoms with E-state index in [1.54, 1.807) is 20.8 Å². The maximum Gasteiger partial charge on any atom is 0.324 e. The molecule has 0 aliphatic heterocycles. The number of carboxylic acid groups (broad SMARTS) is 1. The van der Waals surface area contributed by atoms with Gasteiger partial charge in [-0.15, -0.1) is 0 Å². The van der Waals surface area contributed by atoms with Gasteiger partial charge in [0.2, 0.25) is 0 Å². The van der Waals surface area contributed by atoms with E-state index in [2.05, 4.69) is 15.9 Å². The molecule has 0 spiro atoms. The van der Waals surface area contributed by atoms with Crippen LogP contribution in [0.15, 0.2) is 0 Å². The highest BCUT2D eigenvalue weighted by Crippen LogP contribution is 2.48. The lowest BCUT2D eigenvalue weighted by Gasteiger charge is -2.42. The van der Waals surface area contributed by atoms with Crippen LogP contribution in [0.5, 0.6) is 0 Å². The third kappa shape index (κ3) is 2.56. The Morgan fingerprint density at radius 1 is 1.44 bits per heavy atom. The maximum atomic E-state index is 11.8. The molecule has 0 amide bonds. The van der Waals surface area contributed by atoms with E-state index in [1.165, 1.54) is 0 Å². The third-order valence-corrected chi connectivity index (χ3v) is 3.61. The van der Waals surface area contributed by atoms with E-state index in [0.29, 0.717) is 12.8 Å². The molecule has 1 aliphatic carbocycles. The minimum Gasteiger partial charge on any atom is -0.480 e. The number of aliphatic carboxylic acids is 1. The summed E-state index contributed by atoms with van der Waals surface area (Å²) in [4.78, 5) is 23.0. The van der Waals surface area contributed by atoms with Gasteiger partial charge in [-0.3, -0.25) is 9.59 Å². The molecular formula is C11H17BrO4. The minimum absolute atomic E-state index is 0.253.